The zero-order chi connectivity index (χ0) is 10.8. The first-order valence-electron chi connectivity index (χ1n) is 4.85. The molecule has 0 radical (unpaired) electrons. The molecular formula is C11H13ClO2S. The van der Waals surface area contributed by atoms with Gasteiger partial charge in [-0.25, -0.2) is 0 Å². The highest BCUT2D eigenvalue weighted by Crippen LogP contribution is 2.39. The summed E-state index contributed by atoms with van der Waals surface area (Å²) >= 11 is 7.92. The van der Waals surface area contributed by atoms with Gasteiger partial charge in [0.15, 0.2) is 0 Å². The predicted octanol–water partition coefficient (Wildman–Crippen LogP) is 3.02. The third-order valence-corrected chi connectivity index (χ3v) is 3.94. The van der Waals surface area contributed by atoms with Gasteiger partial charge in [0, 0.05) is 21.9 Å². The average Bonchev–Trinajstić information content (AvgIpc) is 2.42. The van der Waals surface area contributed by atoms with E-state index in [2.05, 4.69) is 0 Å². The number of aliphatic hydroxyl groups is 1. The number of hydrogen-bond acceptors (Lipinski definition) is 3. The molecule has 1 aliphatic heterocycles. The molecule has 1 atom stereocenters. The molecule has 0 saturated heterocycles. The lowest BCUT2D eigenvalue weighted by Gasteiger charge is -2.15. The van der Waals surface area contributed by atoms with Crippen molar-refractivity contribution in [3.63, 3.8) is 0 Å². The van der Waals surface area contributed by atoms with Gasteiger partial charge < -0.3 is 9.84 Å². The van der Waals surface area contributed by atoms with Crippen LogP contribution >= 0.6 is 23.4 Å². The lowest BCUT2D eigenvalue weighted by molar-refractivity contribution is 0.174. The molecule has 1 aliphatic rings. The van der Waals surface area contributed by atoms with Crippen LogP contribution in [0.5, 0.6) is 5.75 Å². The number of ether oxygens (including phenoxy) is 1. The standard InChI is InChI=1S/C11H13ClO2S/c1-14-10-3-2-8(12)11-7(10)6-15-5-4-9(11)13/h2-3,9,13H,4-6H2,1H3/t9-/m1/s1. The largest absolute Gasteiger partial charge is 0.496 e. The normalized spacial score (nSPS) is 20.6. The Morgan fingerprint density at radius 3 is 3.07 bits per heavy atom. The number of benzene rings is 1. The van der Waals surface area contributed by atoms with Crippen LogP contribution in [0.1, 0.15) is 23.7 Å². The molecule has 0 aromatic heterocycles. The van der Waals surface area contributed by atoms with E-state index >= 15 is 0 Å². The Morgan fingerprint density at radius 1 is 1.53 bits per heavy atom. The third kappa shape index (κ3) is 2.10. The number of hydrogen-bond donors (Lipinski definition) is 1. The van der Waals surface area contributed by atoms with Gasteiger partial charge in [0.05, 0.1) is 13.2 Å². The second-order valence-corrected chi connectivity index (χ2v) is 5.01. The van der Waals surface area contributed by atoms with E-state index in [0.717, 1.165) is 34.8 Å². The topological polar surface area (TPSA) is 29.5 Å². The van der Waals surface area contributed by atoms with Crippen molar-refractivity contribution >= 4 is 23.4 Å². The van der Waals surface area contributed by atoms with E-state index < -0.39 is 6.10 Å². The molecule has 0 aliphatic carbocycles. The highest BCUT2D eigenvalue weighted by molar-refractivity contribution is 7.98. The lowest BCUT2D eigenvalue weighted by Crippen LogP contribution is -2.02. The minimum atomic E-state index is -0.461. The van der Waals surface area contributed by atoms with Crippen LogP contribution in [0.4, 0.5) is 0 Å². The summed E-state index contributed by atoms with van der Waals surface area (Å²) < 4.78 is 5.29. The van der Waals surface area contributed by atoms with Gasteiger partial charge in [0.2, 0.25) is 0 Å². The maximum absolute atomic E-state index is 9.99. The highest BCUT2D eigenvalue weighted by atomic mass is 35.5. The number of aliphatic hydroxyl groups excluding tert-OH is 1. The van der Waals surface area contributed by atoms with Crippen molar-refractivity contribution in [1.82, 2.24) is 0 Å². The van der Waals surface area contributed by atoms with Crippen LogP contribution in [-0.4, -0.2) is 18.0 Å². The Labute approximate surface area is 98.6 Å². The van der Waals surface area contributed by atoms with Crippen molar-refractivity contribution < 1.29 is 9.84 Å². The summed E-state index contributed by atoms with van der Waals surface area (Å²) in [5, 5.41) is 10.6. The number of halogens is 1. The monoisotopic (exact) mass is 244 g/mol. The number of methoxy groups -OCH3 is 1. The van der Waals surface area contributed by atoms with Crippen molar-refractivity contribution in [2.75, 3.05) is 12.9 Å². The number of fused-ring (bicyclic) bond motifs is 1. The Balaban J connectivity index is 2.55. The minimum Gasteiger partial charge on any atom is -0.496 e. The van der Waals surface area contributed by atoms with Crippen LogP contribution in [0.25, 0.3) is 0 Å². The Bertz CT molecular complexity index is 368. The molecular weight excluding hydrogens is 232 g/mol. The van der Waals surface area contributed by atoms with Gasteiger partial charge in [-0.1, -0.05) is 11.6 Å². The SMILES string of the molecule is COc1ccc(Cl)c2c1CSCC[C@H]2O. The first-order valence-corrected chi connectivity index (χ1v) is 6.38. The van der Waals surface area contributed by atoms with Gasteiger partial charge in [-0.3, -0.25) is 0 Å². The molecule has 1 heterocycles. The van der Waals surface area contributed by atoms with E-state index in [9.17, 15) is 5.11 Å². The summed E-state index contributed by atoms with van der Waals surface area (Å²) in [6, 6.07) is 3.65. The summed E-state index contributed by atoms with van der Waals surface area (Å²) in [5.74, 6) is 2.63. The summed E-state index contributed by atoms with van der Waals surface area (Å²) in [6.07, 6.45) is 0.294. The van der Waals surface area contributed by atoms with Gasteiger partial charge in [-0.05, 0) is 24.3 Å². The smallest absolute Gasteiger partial charge is 0.123 e. The molecule has 0 saturated carbocycles. The maximum Gasteiger partial charge on any atom is 0.123 e. The summed E-state index contributed by atoms with van der Waals surface area (Å²) in [7, 11) is 1.64. The fourth-order valence-corrected chi connectivity index (χ4v) is 3.17. The molecule has 0 spiro atoms. The molecule has 1 aromatic carbocycles. The number of thioether (sulfide) groups is 1. The molecule has 15 heavy (non-hydrogen) atoms. The molecule has 2 nitrogen and oxygen atoms in total. The lowest BCUT2D eigenvalue weighted by atomic mass is 10.0. The van der Waals surface area contributed by atoms with E-state index in [1.54, 1.807) is 24.9 Å². The van der Waals surface area contributed by atoms with Crippen LogP contribution in [0.15, 0.2) is 12.1 Å². The Kier molecular flexibility index (Phi) is 3.44. The quantitative estimate of drug-likeness (QED) is 0.824. The van der Waals surface area contributed by atoms with Crippen LogP contribution in [0.2, 0.25) is 5.02 Å². The fraction of sp³-hybridized carbons (Fsp3) is 0.455. The van der Waals surface area contributed by atoms with Crippen molar-refractivity contribution in [2.24, 2.45) is 0 Å². The van der Waals surface area contributed by atoms with Crippen LogP contribution in [-0.2, 0) is 5.75 Å². The van der Waals surface area contributed by atoms with Crippen molar-refractivity contribution in [2.45, 2.75) is 18.3 Å². The number of rotatable bonds is 1. The van der Waals surface area contributed by atoms with Crippen LogP contribution < -0.4 is 4.74 Å². The van der Waals surface area contributed by atoms with Crippen molar-refractivity contribution in [3.05, 3.63) is 28.3 Å². The molecule has 4 heteroatoms. The molecule has 0 unspecified atom stereocenters. The van der Waals surface area contributed by atoms with Crippen molar-refractivity contribution in [1.29, 1.82) is 0 Å². The zero-order valence-electron chi connectivity index (χ0n) is 8.50. The van der Waals surface area contributed by atoms with E-state index in [1.165, 1.54) is 0 Å². The first kappa shape index (κ1) is 11.1. The van der Waals surface area contributed by atoms with Gasteiger partial charge >= 0.3 is 0 Å². The molecule has 0 amide bonds. The van der Waals surface area contributed by atoms with E-state index in [0.29, 0.717) is 5.02 Å². The Hall–Kier alpha value is -0.380. The molecule has 0 fully saturated rings. The minimum absolute atomic E-state index is 0.461. The maximum atomic E-state index is 9.99. The summed E-state index contributed by atoms with van der Waals surface area (Å²) in [6.45, 7) is 0. The second-order valence-electron chi connectivity index (χ2n) is 3.50. The van der Waals surface area contributed by atoms with Gasteiger partial charge in [-0.15, -0.1) is 0 Å². The zero-order valence-corrected chi connectivity index (χ0v) is 10.1. The molecule has 2 rings (SSSR count). The van der Waals surface area contributed by atoms with E-state index in [1.807, 2.05) is 6.07 Å². The molecule has 1 aromatic rings. The van der Waals surface area contributed by atoms with Crippen LogP contribution in [0.3, 0.4) is 0 Å². The van der Waals surface area contributed by atoms with Gasteiger partial charge in [0.25, 0.3) is 0 Å². The highest BCUT2D eigenvalue weighted by Gasteiger charge is 2.22. The van der Waals surface area contributed by atoms with Gasteiger partial charge in [0.1, 0.15) is 5.75 Å². The van der Waals surface area contributed by atoms with Gasteiger partial charge in [-0.2, -0.15) is 11.8 Å². The Morgan fingerprint density at radius 2 is 2.33 bits per heavy atom. The summed E-state index contributed by atoms with van der Waals surface area (Å²) in [5.41, 5.74) is 1.89. The first-order chi connectivity index (χ1) is 7.24. The second kappa shape index (κ2) is 4.64. The van der Waals surface area contributed by atoms with E-state index in [-0.39, 0.29) is 0 Å². The molecule has 0 bridgehead atoms. The predicted molar refractivity (Wildman–Crippen MR) is 63.7 cm³/mol. The van der Waals surface area contributed by atoms with Crippen LogP contribution in [0, 0.1) is 0 Å². The van der Waals surface area contributed by atoms with E-state index in [4.69, 9.17) is 16.3 Å². The third-order valence-electron chi connectivity index (χ3n) is 2.60. The molecule has 1 N–H and O–H groups in total. The summed E-state index contributed by atoms with van der Waals surface area (Å²) in [4.78, 5) is 0. The van der Waals surface area contributed by atoms with Crippen molar-refractivity contribution in [3.8, 4) is 5.75 Å². The fourth-order valence-electron chi connectivity index (χ4n) is 1.83. The molecule has 82 valence electrons. The average molecular weight is 245 g/mol.